The zero-order valence-electron chi connectivity index (χ0n) is 17.9. The third-order valence-electron chi connectivity index (χ3n) is 6.63. The van der Waals surface area contributed by atoms with Gasteiger partial charge in [0.15, 0.2) is 5.58 Å². The number of carbonyl (C=O) groups excluding carboxylic acids is 1. The average Bonchev–Trinajstić information content (AvgIpc) is 3.42. The predicted octanol–water partition coefficient (Wildman–Crippen LogP) is 6.12. The van der Waals surface area contributed by atoms with Crippen LogP contribution in [-0.2, 0) is 0 Å². The number of aryl methyl sites for hydroxylation is 1. The minimum Gasteiger partial charge on any atom is -0.438 e. The molecule has 1 aliphatic heterocycles. The number of nitrogens with zero attached hydrogens (tertiary/aromatic N) is 2. The van der Waals surface area contributed by atoms with Crippen molar-refractivity contribution in [2.75, 3.05) is 6.54 Å². The molecule has 5 nitrogen and oxygen atoms in total. The van der Waals surface area contributed by atoms with E-state index in [9.17, 15) is 9.18 Å². The van der Waals surface area contributed by atoms with Gasteiger partial charge in [0.1, 0.15) is 17.4 Å². The standard InChI is InChI=1S/C25H28FN3O2/c1-16-14-17(9-11-20(16)26)18-10-12-23-21(15-18)28-24(31-23)22-8-5-13-29(22)25(30)27-19-6-3-2-4-7-19/h9-12,14-15,19,22H,2-8,13H2,1H3,(H,27,30)/t22-/m0/s1. The van der Waals surface area contributed by atoms with Crippen molar-refractivity contribution in [3.8, 4) is 11.1 Å². The lowest BCUT2D eigenvalue weighted by atomic mass is 9.96. The molecule has 0 bridgehead atoms. The van der Waals surface area contributed by atoms with Crippen LogP contribution in [0.1, 0.15) is 62.4 Å². The molecule has 1 saturated heterocycles. The van der Waals surface area contributed by atoms with Crippen LogP contribution in [0.25, 0.3) is 22.2 Å². The number of oxazole rings is 1. The van der Waals surface area contributed by atoms with E-state index in [4.69, 9.17) is 9.40 Å². The van der Waals surface area contributed by atoms with E-state index in [1.165, 1.54) is 25.3 Å². The van der Waals surface area contributed by atoms with Gasteiger partial charge in [-0.1, -0.05) is 31.4 Å². The Morgan fingerprint density at radius 3 is 2.65 bits per heavy atom. The molecule has 2 amide bonds. The van der Waals surface area contributed by atoms with Crippen molar-refractivity contribution in [1.82, 2.24) is 15.2 Å². The molecule has 6 heteroatoms. The molecular weight excluding hydrogens is 393 g/mol. The number of aromatic nitrogens is 1. The fraction of sp³-hybridized carbons (Fsp3) is 0.440. The van der Waals surface area contributed by atoms with Crippen LogP contribution in [0.4, 0.5) is 9.18 Å². The number of hydrogen-bond acceptors (Lipinski definition) is 3. The summed E-state index contributed by atoms with van der Waals surface area (Å²) in [5.41, 5.74) is 3.99. The Bertz CT molecular complexity index is 1100. The highest BCUT2D eigenvalue weighted by atomic mass is 19.1. The maximum absolute atomic E-state index is 13.6. The molecule has 1 atom stereocenters. The summed E-state index contributed by atoms with van der Waals surface area (Å²) in [6, 6.07) is 11.1. The van der Waals surface area contributed by atoms with Crippen LogP contribution in [0.2, 0.25) is 0 Å². The number of benzene rings is 2. The number of urea groups is 1. The van der Waals surface area contributed by atoms with Crippen LogP contribution in [0.15, 0.2) is 40.8 Å². The van der Waals surface area contributed by atoms with Gasteiger partial charge in [-0.15, -0.1) is 0 Å². The summed E-state index contributed by atoms with van der Waals surface area (Å²) in [5, 5.41) is 3.22. The first kappa shape index (κ1) is 20.0. The molecule has 1 saturated carbocycles. The van der Waals surface area contributed by atoms with Gasteiger partial charge in [-0.2, -0.15) is 0 Å². The second kappa shape index (κ2) is 8.33. The summed E-state index contributed by atoms with van der Waals surface area (Å²) in [6.45, 7) is 2.49. The first-order valence-corrected chi connectivity index (χ1v) is 11.3. The fourth-order valence-electron chi connectivity index (χ4n) is 4.86. The molecule has 5 rings (SSSR count). The normalized spacial score (nSPS) is 19.8. The van der Waals surface area contributed by atoms with E-state index < -0.39 is 0 Å². The smallest absolute Gasteiger partial charge is 0.318 e. The molecule has 162 valence electrons. The largest absolute Gasteiger partial charge is 0.438 e. The summed E-state index contributed by atoms with van der Waals surface area (Å²) < 4.78 is 19.7. The Hall–Kier alpha value is -2.89. The molecule has 2 aliphatic rings. The quantitative estimate of drug-likeness (QED) is 0.554. The number of carbonyl (C=O) groups is 1. The monoisotopic (exact) mass is 421 g/mol. The van der Waals surface area contributed by atoms with Crippen molar-refractivity contribution in [1.29, 1.82) is 0 Å². The van der Waals surface area contributed by atoms with Gasteiger partial charge >= 0.3 is 6.03 Å². The van der Waals surface area contributed by atoms with Crippen LogP contribution < -0.4 is 5.32 Å². The number of amides is 2. The Morgan fingerprint density at radius 1 is 1.06 bits per heavy atom. The van der Waals surface area contributed by atoms with Crippen LogP contribution >= 0.6 is 0 Å². The van der Waals surface area contributed by atoms with E-state index in [1.54, 1.807) is 13.0 Å². The summed E-state index contributed by atoms with van der Waals surface area (Å²) in [6.07, 6.45) is 7.58. The first-order chi connectivity index (χ1) is 15.1. The third kappa shape index (κ3) is 4.03. The molecule has 2 fully saturated rings. The molecule has 2 aromatic carbocycles. The third-order valence-corrected chi connectivity index (χ3v) is 6.63. The minimum absolute atomic E-state index is 0.000803. The fourth-order valence-corrected chi connectivity index (χ4v) is 4.86. The molecule has 31 heavy (non-hydrogen) atoms. The van der Waals surface area contributed by atoms with E-state index >= 15 is 0 Å². The molecule has 0 unspecified atom stereocenters. The minimum atomic E-state index is -0.207. The van der Waals surface area contributed by atoms with Gasteiger partial charge in [-0.3, -0.25) is 0 Å². The van der Waals surface area contributed by atoms with E-state index in [0.29, 0.717) is 17.0 Å². The van der Waals surface area contributed by atoms with Gasteiger partial charge < -0.3 is 14.6 Å². The number of likely N-dealkylation sites (tertiary alicyclic amines) is 1. The number of hydrogen-bond donors (Lipinski definition) is 1. The maximum Gasteiger partial charge on any atom is 0.318 e. The van der Waals surface area contributed by atoms with Gasteiger partial charge in [0.2, 0.25) is 5.89 Å². The van der Waals surface area contributed by atoms with Crippen molar-refractivity contribution in [3.05, 3.63) is 53.7 Å². The van der Waals surface area contributed by atoms with Crippen LogP contribution in [0.5, 0.6) is 0 Å². The summed E-state index contributed by atoms with van der Waals surface area (Å²) in [7, 11) is 0. The Balaban J connectivity index is 1.37. The SMILES string of the molecule is Cc1cc(-c2ccc3oc([C@@H]4CCCN4C(=O)NC4CCCCC4)nc3c2)ccc1F. The van der Waals surface area contributed by atoms with Crippen LogP contribution in [0, 0.1) is 12.7 Å². The zero-order valence-corrected chi connectivity index (χ0v) is 17.9. The predicted molar refractivity (Wildman–Crippen MR) is 118 cm³/mol. The van der Waals surface area contributed by atoms with Crippen molar-refractivity contribution in [3.63, 3.8) is 0 Å². The van der Waals surface area contributed by atoms with Crippen LogP contribution in [0.3, 0.4) is 0 Å². The molecular formula is C25H28FN3O2. The summed E-state index contributed by atoms with van der Waals surface area (Å²) >= 11 is 0. The number of rotatable bonds is 3. The lowest BCUT2D eigenvalue weighted by Crippen LogP contribution is -2.45. The zero-order chi connectivity index (χ0) is 21.4. The van der Waals surface area contributed by atoms with Gasteiger partial charge in [-0.25, -0.2) is 14.2 Å². The van der Waals surface area contributed by atoms with Crippen molar-refractivity contribution in [2.45, 2.75) is 64.0 Å². The second-order valence-corrected chi connectivity index (χ2v) is 8.83. The molecule has 1 aromatic heterocycles. The molecule has 0 spiro atoms. The van der Waals surface area contributed by atoms with E-state index in [-0.39, 0.29) is 23.9 Å². The van der Waals surface area contributed by atoms with Gasteiger partial charge in [0.05, 0.1) is 0 Å². The number of fused-ring (bicyclic) bond motifs is 1. The lowest BCUT2D eigenvalue weighted by Gasteiger charge is -2.28. The summed E-state index contributed by atoms with van der Waals surface area (Å²) in [5.74, 6) is 0.389. The molecule has 0 radical (unpaired) electrons. The topological polar surface area (TPSA) is 58.4 Å². The molecule has 3 aromatic rings. The molecule has 1 aliphatic carbocycles. The van der Waals surface area contributed by atoms with E-state index in [2.05, 4.69) is 5.32 Å². The Labute approximate surface area is 181 Å². The van der Waals surface area contributed by atoms with Crippen LogP contribution in [-0.4, -0.2) is 28.5 Å². The molecule has 1 N–H and O–H groups in total. The maximum atomic E-state index is 13.6. The summed E-state index contributed by atoms with van der Waals surface area (Å²) in [4.78, 5) is 19.5. The lowest BCUT2D eigenvalue weighted by molar-refractivity contribution is 0.178. The van der Waals surface area contributed by atoms with Crippen molar-refractivity contribution in [2.24, 2.45) is 0 Å². The van der Waals surface area contributed by atoms with E-state index in [1.807, 2.05) is 29.2 Å². The Morgan fingerprint density at radius 2 is 1.84 bits per heavy atom. The van der Waals surface area contributed by atoms with Gasteiger partial charge in [0, 0.05) is 12.6 Å². The highest BCUT2D eigenvalue weighted by Gasteiger charge is 2.34. The van der Waals surface area contributed by atoms with Crippen molar-refractivity contribution >= 4 is 17.1 Å². The van der Waals surface area contributed by atoms with E-state index in [0.717, 1.165) is 48.9 Å². The number of halogens is 1. The highest BCUT2D eigenvalue weighted by molar-refractivity contribution is 5.81. The molecule has 2 heterocycles. The average molecular weight is 422 g/mol. The van der Waals surface area contributed by atoms with Gasteiger partial charge in [0.25, 0.3) is 0 Å². The van der Waals surface area contributed by atoms with Gasteiger partial charge in [-0.05, 0) is 73.6 Å². The highest BCUT2D eigenvalue weighted by Crippen LogP contribution is 2.34. The first-order valence-electron chi connectivity index (χ1n) is 11.3. The van der Waals surface area contributed by atoms with Crippen molar-refractivity contribution < 1.29 is 13.6 Å². The number of nitrogens with one attached hydrogen (secondary N) is 1. The Kier molecular flexibility index (Phi) is 5.38. The second-order valence-electron chi connectivity index (χ2n) is 8.83.